The van der Waals surface area contributed by atoms with Gasteiger partial charge in [0.2, 0.25) is 0 Å². The Morgan fingerprint density at radius 2 is 2.11 bits per heavy atom. The number of carbonyl (C=O) groups is 1. The average Bonchev–Trinajstić information content (AvgIpc) is 2.81. The Kier molecular flexibility index (Phi) is 3.54. The van der Waals surface area contributed by atoms with Gasteiger partial charge in [0.15, 0.2) is 5.82 Å². The topological polar surface area (TPSA) is 97.9 Å². The first kappa shape index (κ1) is 12.1. The molecule has 1 aromatic heterocycles. The van der Waals surface area contributed by atoms with Crippen LogP contribution in [0, 0.1) is 0 Å². The third-order valence-corrected chi connectivity index (χ3v) is 2.53. The van der Waals surface area contributed by atoms with E-state index in [1.54, 1.807) is 35.2 Å². The Morgan fingerprint density at radius 3 is 2.67 bits per heavy atom. The van der Waals surface area contributed by atoms with E-state index in [-0.39, 0.29) is 5.91 Å². The predicted octanol–water partition coefficient (Wildman–Crippen LogP) is 0.0307. The number of nitrogens with zero attached hydrogens (tertiary/aromatic N) is 3. The van der Waals surface area contributed by atoms with E-state index in [1.165, 1.54) is 0 Å². The molecule has 1 aromatic carbocycles. The quantitative estimate of drug-likeness (QED) is 0.522. The number of aryl methyl sites for hydroxylation is 1. The van der Waals surface area contributed by atoms with Gasteiger partial charge in [-0.2, -0.15) is 0 Å². The van der Waals surface area contributed by atoms with Crippen molar-refractivity contribution in [3.8, 4) is 0 Å². The minimum absolute atomic E-state index is 0.165. The number of rotatable bonds is 4. The second-order valence-corrected chi connectivity index (χ2v) is 3.76. The lowest BCUT2D eigenvalue weighted by Crippen LogP contribution is -2.24. The zero-order valence-corrected chi connectivity index (χ0v) is 9.92. The molecule has 7 nitrogen and oxygen atoms in total. The molecule has 0 radical (unpaired) electrons. The van der Waals surface area contributed by atoms with Crippen LogP contribution in [0.4, 0.5) is 5.69 Å². The first-order valence-electron chi connectivity index (χ1n) is 5.38. The van der Waals surface area contributed by atoms with E-state index in [0.717, 1.165) is 5.69 Å². The fraction of sp³-hybridized carbons (Fsp3) is 0.182. The van der Waals surface area contributed by atoms with Crippen molar-refractivity contribution in [1.82, 2.24) is 20.1 Å². The Hall–Kier alpha value is -2.41. The lowest BCUT2D eigenvalue weighted by atomic mass is 10.2. The minimum Gasteiger partial charge on any atom is -0.345 e. The van der Waals surface area contributed by atoms with Gasteiger partial charge in [0.05, 0.1) is 6.54 Å². The molecule has 0 unspecified atom stereocenters. The molecule has 0 saturated carbocycles. The van der Waals surface area contributed by atoms with E-state index in [0.29, 0.717) is 17.9 Å². The number of nitrogen functional groups attached to an aromatic ring is 1. The van der Waals surface area contributed by atoms with E-state index in [4.69, 9.17) is 5.84 Å². The number of hydrogen-bond acceptors (Lipinski definition) is 5. The molecular weight excluding hydrogens is 232 g/mol. The summed E-state index contributed by atoms with van der Waals surface area (Å²) in [5, 5.41) is 10.4. The lowest BCUT2D eigenvalue weighted by Gasteiger charge is -2.05. The third kappa shape index (κ3) is 2.64. The highest BCUT2D eigenvalue weighted by molar-refractivity contribution is 5.94. The zero-order valence-electron chi connectivity index (χ0n) is 9.92. The molecule has 0 bridgehead atoms. The Morgan fingerprint density at radius 1 is 1.39 bits per heavy atom. The van der Waals surface area contributed by atoms with Crippen molar-refractivity contribution < 1.29 is 4.79 Å². The van der Waals surface area contributed by atoms with E-state index >= 15 is 0 Å². The summed E-state index contributed by atoms with van der Waals surface area (Å²) < 4.78 is 1.75. The Labute approximate surface area is 104 Å². The monoisotopic (exact) mass is 246 g/mol. The SMILES string of the molecule is Cn1cnnc1CNC(=O)c1ccc(NN)cc1. The molecule has 2 aromatic rings. The van der Waals surface area contributed by atoms with E-state index < -0.39 is 0 Å². The maximum Gasteiger partial charge on any atom is 0.251 e. The largest absolute Gasteiger partial charge is 0.345 e. The van der Waals surface area contributed by atoms with Crippen LogP contribution in [0.3, 0.4) is 0 Å². The summed E-state index contributed by atoms with van der Waals surface area (Å²) in [7, 11) is 1.82. The molecule has 0 aliphatic heterocycles. The van der Waals surface area contributed by atoms with Crippen molar-refractivity contribution in [2.75, 3.05) is 5.43 Å². The number of hydrogen-bond donors (Lipinski definition) is 3. The van der Waals surface area contributed by atoms with Crippen LogP contribution in [-0.2, 0) is 13.6 Å². The number of aromatic nitrogens is 3. The highest BCUT2D eigenvalue weighted by atomic mass is 16.1. The summed E-state index contributed by atoms with van der Waals surface area (Å²) in [6.07, 6.45) is 1.59. The van der Waals surface area contributed by atoms with Gasteiger partial charge >= 0.3 is 0 Å². The molecule has 1 amide bonds. The lowest BCUT2D eigenvalue weighted by molar-refractivity contribution is 0.0949. The normalized spacial score (nSPS) is 10.1. The van der Waals surface area contributed by atoms with Gasteiger partial charge in [-0.1, -0.05) is 0 Å². The number of carbonyl (C=O) groups excluding carboxylic acids is 1. The summed E-state index contributed by atoms with van der Waals surface area (Å²) in [5.41, 5.74) is 3.82. The minimum atomic E-state index is -0.165. The van der Waals surface area contributed by atoms with E-state index in [2.05, 4.69) is 20.9 Å². The maximum atomic E-state index is 11.8. The van der Waals surface area contributed by atoms with Gasteiger partial charge < -0.3 is 15.3 Å². The second-order valence-electron chi connectivity index (χ2n) is 3.76. The van der Waals surface area contributed by atoms with Crippen LogP contribution in [0.25, 0.3) is 0 Å². The van der Waals surface area contributed by atoms with Gasteiger partial charge in [0.1, 0.15) is 6.33 Å². The van der Waals surface area contributed by atoms with E-state index in [9.17, 15) is 4.79 Å². The van der Waals surface area contributed by atoms with Crippen LogP contribution in [0.2, 0.25) is 0 Å². The molecule has 0 fully saturated rings. The third-order valence-electron chi connectivity index (χ3n) is 2.53. The number of nitrogens with two attached hydrogens (primary N) is 1. The van der Waals surface area contributed by atoms with Crippen molar-refractivity contribution in [3.05, 3.63) is 42.0 Å². The molecular formula is C11H14N6O. The molecule has 2 rings (SSSR count). The summed E-state index contributed by atoms with van der Waals surface area (Å²) in [5.74, 6) is 5.78. The molecule has 1 heterocycles. The van der Waals surface area contributed by atoms with Gasteiger partial charge in [-0.15, -0.1) is 10.2 Å². The standard InChI is InChI=1S/C11H14N6O/c1-17-7-14-16-10(17)6-13-11(18)8-2-4-9(15-12)5-3-8/h2-5,7,15H,6,12H2,1H3,(H,13,18). The molecule has 7 heteroatoms. The molecule has 0 aliphatic carbocycles. The molecule has 0 spiro atoms. The predicted molar refractivity (Wildman–Crippen MR) is 66.4 cm³/mol. The summed E-state index contributed by atoms with van der Waals surface area (Å²) in [6.45, 7) is 0.340. The average molecular weight is 246 g/mol. The molecule has 0 atom stereocenters. The molecule has 4 N–H and O–H groups in total. The van der Waals surface area contributed by atoms with Gasteiger partial charge in [-0.05, 0) is 24.3 Å². The van der Waals surface area contributed by atoms with Crippen LogP contribution in [0.15, 0.2) is 30.6 Å². The van der Waals surface area contributed by atoms with E-state index in [1.807, 2.05) is 7.05 Å². The van der Waals surface area contributed by atoms with Crippen molar-refractivity contribution in [3.63, 3.8) is 0 Å². The van der Waals surface area contributed by atoms with Crippen LogP contribution in [0.5, 0.6) is 0 Å². The van der Waals surface area contributed by atoms with Crippen LogP contribution < -0.4 is 16.6 Å². The first-order chi connectivity index (χ1) is 8.70. The number of nitrogens with one attached hydrogen (secondary N) is 2. The summed E-state index contributed by atoms with van der Waals surface area (Å²) >= 11 is 0. The van der Waals surface area contributed by atoms with Gasteiger partial charge in [-0.3, -0.25) is 10.6 Å². The fourth-order valence-electron chi connectivity index (χ4n) is 1.45. The highest BCUT2D eigenvalue weighted by Crippen LogP contribution is 2.07. The van der Waals surface area contributed by atoms with Crippen molar-refractivity contribution in [2.24, 2.45) is 12.9 Å². The molecule has 18 heavy (non-hydrogen) atoms. The smallest absolute Gasteiger partial charge is 0.251 e. The Balaban J connectivity index is 1.97. The first-order valence-corrected chi connectivity index (χ1v) is 5.38. The number of amides is 1. The van der Waals surface area contributed by atoms with Crippen LogP contribution in [0.1, 0.15) is 16.2 Å². The highest BCUT2D eigenvalue weighted by Gasteiger charge is 2.07. The summed E-state index contributed by atoms with van der Waals surface area (Å²) in [4.78, 5) is 11.8. The second kappa shape index (κ2) is 5.28. The van der Waals surface area contributed by atoms with Crippen LogP contribution >= 0.6 is 0 Å². The number of benzene rings is 1. The molecule has 0 saturated heterocycles. The van der Waals surface area contributed by atoms with Crippen molar-refractivity contribution in [2.45, 2.75) is 6.54 Å². The molecule has 0 aliphatic rings. The van der Waals surface area contributed by atoms with Gasteiger partial charge in [0, 0.05) is 18.3 Å². The summed E-state index contributed by atoms with van der Waals surface area (Å²) in [6, 6.07) is 6.86. The Bertz CT molecular complexity index is 533. The van der Waals surface area contributed by atoms with Gasteiger partial charge in [-0.25, -0.2) is 0 Å². The van der Waals surface area contributed by atoms with Crippen molar-refractivity contribution >= 4 is 11.6 Å². The zero-order chi connectivity index (χ0) is 13.0. The van der Waals surface area contributed by atoms with Crippen molar-refractivity contribution in [1.29, 1.82) is 0 Å². The fourth-order valence-corrected chi connectivity index (χ4v) is 1.45. The number of anilines is 1. The van der Waals surface area contributed by atoms with Gasteiger partial charge in [0.25, 0.3) is 5.91 Å². The number of hydrazine groups is 1. The molecule has 94 valence electrons. The van der Waals surface area contributed by atoms with Crippen LogP contribution in [-0.4, -0.2) is 20.7 Å². The maximum absolute atomic E-state index is 11.8.